The minimum absolute atomic E-state index is 0.124. The van der Waals surface area contributed by atoms with E-state index in [2.05, 4.69) is 4.90 Å². The van der Waals surface area contributed by atoms with Gasteiger partial charge in [-0.3, -0.25) is 14.4 Å². The highest BCUT2D eigenvalue weighted by Gasteiger charge is 2.50. The Labute approximate surface area is 115 Å². The van der Waals surface area contributed by atoms with Crippen molar-refractivity contribution in [2.24, 2.45) is 5.41 Å². The Balaban J connectivity index is 1.78. The van der Waals surface area contributed by atoms with Gasteiger partial charge in [0.05, 0.1) is 5.41 Å². The van der Waals surface area contributed by atoms with Crippen molar-refractivity contribution >= 4 is 34.2 Å². The van der Waals surface area contributed by atoms with Crippen molar-refractivity contribution in [2.75, 3.05) is 18.0 Å². The van der Waals surface area contributed by atoms with E-state index in [1.165, 1.54) is 11.3 Å². The molecule has 5 heteroatoms. The Kier molecular flexibility index (Phi) is 3.01. The number of ketones is 2. The van der Waals surface area contributed by atoms with Gasteiger partial charge in [-0.25, -0.2) is 0 Å². The van der Waals surface area contributed by atoms with Gasteiger partial charge in [0.25, 0.3) is 0 Å². The Hall–Kier alpha value is -1.49. The van der Waals surface area contributed by atoms with E-state index in [0.717, 1.165) is 11.3 Å². The highest BCUT2D eigenvalue weighted by Crippen LogP contribution is 2.42. The molecule has 0 bridgehead atoms. The third kappa shape index (κ3) is 1.84. The smallest absolute Gasteiger partial charge is 0.153 e. The van der Waals surface area contributed by atoms with Gasteiger partial charge in [-0.2, -0.15) is 0 Å². The molecule has 0 radical (unpaired) electrons. The van der Waals surface area contributed by atoms with Gasteiger partial charge in [0.15, 0.2) is 6.29 Å². The van der Waals surface area contributed by atoms with Crippen LogP contribution in [0.3, 0.4) is 0 Å². The Morgan fingerprint density at radius 3 is 2.37 bits per heavy atom. The highest BCUT2D eigenvalue weighted by atomic mass is 32.1. The minimum Gasteiger partial charge on any atom is -0.363 e. The zero-order valence-electron chi connectivity index (χ0n) is 10.6. The summed E-state index contributed by atoms with van der Waals surface area (Å²) < 4.78 is 0. The maximum Gasteiger partial charge on any atom is 0.153 e. The second kappa shape index (κ2) is 4.56. The molecular formula is C14H15NO3S. The van der Waals surface area contributed by atoms with Crippen LogP contribution in [0.15, 0.2) is 11.4 Å². The van der Waals surface area contributed by atoms with E-state index in [-0.39, 0.29) is 11.6 Å². The average Bonchev–Trinajstić information content (AvgIpc) is 3.01. The monoisotopic (exact) mass is 277 g/mol. The lowest BCUT2D eigenvalue weighted by atomic mass is 9.75. The number of carbonyl (C=O) groups is 3. The molecule has 3 rings (SSSR count). The van der Waals surface area contributed by atoms with E-state index in [1.54, 1.807) is 0 Å². The van der Waals surface area contributed by atoms with Crippen LogP contribution in [-0.2, 0) is 9.59 Å². The van der Waals surface area contributed by atoms with Gasteiger partial charge in [0.2, 0.25) is 0 Å². The molecule has 1 saturated carbocycles. The van der Waals surface area contributed by atoms with E-state index < -0.39 is 5.41 Å². The summed E-state index contributed by atoms with van der Waals surface area (Å²) in [6.45, 7) is 1.36. The van der Waals surface area contributed by atoms with Crippen LogP contribution in [-0.4, -0.2) is 30.9 Å². The molecule has 0 atom stereocenters. The molecule has 4 nitrogen and oxygen atoms in total. The molecule has 2 heterocycles. The van der Waals surface area contributed by atoms with Gasteiger partial charge in [-0.05, 0) is 24.3 Å². The minimum atomic E-state index is -0.699. The lowest BCUT2D eigenvalue weighted by molar-refractivity contribution is -0.136. The van der Waals surface area contributed by atoms with E-state index >= 15 is 0 Å². The first-order chi connectivity index (χ1) is 9.17. The molecule has 0 unspecified atom stereocenters. The van der Waals surface area contributed by atoms with E-state index in [0.29, 0.717) is 44.3 Å². The second-order valence-corrected chi connectivity index (χ2v) is 6.11. The Bertz CT molecular complexity index is 523. The fraction of sp³-hybridized carbons (Fsp3) is 0.500. The molecule has 19 heavy (non-hydrogen) atoms. The number of hydrogen-bond donors (Lipinski definition) is 0. The summed E-state index contributed by atoms with van der Waals surface area (Å²) >= 11 is 1.54. The fourth-order valence-corrected chi connectivity index (χ4v) is 4.10. The normalized spacial score (nSPS) is 22.2. The lowest BCUT2D eigenvalue weighted by Gasteiger charge is -2.37. The van der Waals surface area contributed by atoms with Crippen molar-refractivity contribution in [1.82, 2.24) is 0 Å². The number of aldehydes is 1. The molecule has 0 aromatic carbocycles. The number of thiophene rings is 1. The predicted molar refractivity (Wildman–Crippen MR) is 72.8 cm³/mol. The Morgan fingerprint density at radius 2 is 1.79 bits per heavy atom. The van der Waals surface area contributed by atoms with Crippen molar-refractivity contribution in [3.05, 3.63) is 17.0 Å². The molecule has 0 amide bonds. The molecule has 2 fully saturated rings. The standard InChI is InChI=1S/C14H15NO3S/c16-9-10-3-8-19-13(10)15-6-4-14(5-7-15)11(17)1-2-12(14)18/h3,8-9H,1-2,4-7H2. The number of Topliss-reactive ketones (excluding diaryl/α,β-unsaturated/α-hetero) is 2. The van der Waals surface area contributed by atoms with Crippen LogP contribution < -0.4 is 4.90 Å². The van der Waals surface area contributed by atoms with Gasteiger partial charge in [0.1, 0.15) is 16.6 Å². The van der Waals surface area contributed by atoms with Gasteiger partial charge >= 0.3 is 0 Å². The summed E-state index contributed by atoms with van der Waals surface area (Å²) in [5.41, 5.74) is -0.000207. The molecule has 1 spiro atoms. The summed E-state index contributed by atoms with van der Waals surface area (Å²) in [4.78, 5) is 37.1. The molecule has 100 valence electrons. The first-order valence-corrected chi connectivity index (χ1v) is 7.39. The van der Waals surface area contributed by atoms with Crippen LogP contribution in [0.5, 0.6) is 0 Å². The quantitative estimate of drug-likeness (QED) is 0.613. The molecule has 1 aliphatic heterocycles. The van der Waals surface area contributed by atoms with Crippen LogP contribution in [0.1, 0.15) is 36.0 Å². The lowest BCUT2D eigenvalue weighted by Crippen LogP contribution is -2.45. The van der Waals surface area contributed by atoms with Crippen molar-refractivity contribution in [3.8, 4) is 0 Å². The summed E-state index contributed by atoms with van der Waals surface area (Å²) in [5.74, 6) is 0.248. The number of hydrogen-bond acceptors (Lipinski definition) is 5. The van der Waals surface area contributed by atoms with Crippen LogP contribution >= 0.6 is 11.3 Å². The van der Waals surface area contributed by atoms with Crippen LogP contribution in [0.25, 0.3) is 0 Å². The van der Waals surface area contributed by atoms with Crippen molar-refractivity contribution in [3.63, 3.8) is 0 Å². The van der Waals surface area contributed by atoms with E-state index in [1.807, 2.05) is 11.4 Å². The summed E-state index contributed by atoms with van der Waals surface area (Å²) in [7, 11) is 0. The van der Waals surface area contributed by atoms with Gasteiger partial charge in [0, 0.05) is 31.5 Å². The van der Waals surface area contributed by atoms with E-state index in [9.17, 15) is 14.4 Å². The number of nitrogens with zero attached hydrogens (tertiary/aromatic N) is 1. The molecule has 1 saturated heterocycles. The largest absolute Gasteiger partial charge is 0.363 e. The number of piperidine rings is 1. The Morgan fingerprint density at radius 1 is 1.16 bits per heavy atom. The fourth-order valence-electron chi connectivity index (χ4n) is 3.17. The van der Waals surface area contributed by atoms with Crippen LogP contribution in [0.2, 0.25) is 0 Å². The average molecular weight is 277 g/mol. The molecule has 1 aromatic heterocycles. The number of rotatable bonds is 2. The first kappa shape index (κ1) is 12.5. The molecule has 0 N–H and O–H groups in total. The zero-order valence-corrected chi connectivity index (χ0v) is 11.4. The summed E-state index contributed by atoms with van der Waals surface area (Å²) in [5, 5.41) is 2.86. The number of anilines is 1. The highest BCUT2D eigenvalue weighted by molar-refractivity contribution is 7.14. The van der Waals surface area contributed by atoms with Gasteiger partial charge in [-0.1, -0.05) is 0 Å². The maximum absolute atomic E-state index is 12.0. The molecule has 1 aromatic rings. The van der Waals surface area contributed by atoms with Crippen LogP contribution in [0, 0.1) is 5.41 Å². The summed E-state index contributed by atoms with van der Waals surface area (Å²) in [6, 6.07) is 1.81. The third-order valence-electron chi connectivity index (χ3n) is 4.35. The zero-order chi connectivity index (χ0) is 13.5. The molecular weight excluding hydrogens is 262 g/mol. The van der Waals surface area contributed by atoms with E-state index in [4.69, 9.17) is 0 Å². The van der Waals surface area contributed by atoms with Crippen molar-refractivity contribution in [2.45, 2.75) is 25.7 Å². The van der Waals surface area contributed by atoms with Crippen molar-refractivity contribution < 1.29 is 14.4 Å². The second-order valence-electron chi connectivity index (χ2n) is 5.21. The maximum atomic E-state index is 12.0. The summed E-state index contributed by atoms with van der Waals surface area (Å²) in [6.07, 6.45) is 2.89. The van der Waals surface area contributed by atoms with Gasteiger partial charge < -0.3 is 4.90 Å². The molecule has 1 aliphatic carbocycles. The molecule has 2 aliphatic rings. The topological polar surface area (TPSA) is 54.5 Å². The number of carbonyl (C=O) groups excluding carboxylic acids is 3. The van der Waals surface area contributed by atoms with Crippen molar-refractivity contribution in [1.29, 1.82) is 0 Å². The van der Waals surface area contributed by atoms with Gasteiger partial charge in [-0.15, -0.1) is 11.3 Å². The first-order valence-electron chi connectivity index (χ1n) is 6.51. The van der Waals surface area contributed by atoms with Crippen LogP contribution in [0.4, 0.5) is 5.00 Å². The predicted octanol–water partition coefficient (Wildman–Crippen LogP) is 2.08. The SMILES string of the molecule is O=Cc1ccsc1N1CCC2(CC1)C(=O)CCC2=O. The third-order valence-corrected chi connectivity index (χ3v) is 5.34.